The highest BCUT2D eigenvalue weighted by Gasteiger charge is 2.06. The standard InChI is InChI=1S/C11H20N4O/c1-4-9(2)14-11(16)7-15-6-10(5-12-3)13-8-15/h6,8-9,12H,4-5,7H2,1-3H3,(H,14,16). The Kier molecular flexibility index (Phi) is 4.98. The number of hydrogen-bond acceptors (Lipinski definition) is 3. The molecule has 1 rings (SSSR count). The summed E-state index contributed by atoms with van der Waals surface area (Å²) < 4.78 is 1.80. The van der Waals surface area contributed by atoms with Gasteiger partial charge in [0.2, 0.25) is 5.91 Å². The number of hydrogen-bond donors (Lipinski definition) is 2. The number of imidazole rings is 1. The fraction of sp³-hybridized carbons (Fsp3) is 0.636. The lowest BCUT2D eigenvalue weighted by Gasteiger charge is -2.11. The number of carbonyl (C=O) groups excluding carboxylic acids is 1. The van der Waals surface area contributed by atoms with Crippen LogP contribution in [0, 0.1) is 0 Å². The number of rotatable bonds is 6. The van der Waals surface area contributed by atoms with Crippen LogP contribution in [0.1, 0.15) is 26.0 Å². The van der Waals surface area contributed by atoms with Crippen LogP contribution < -0.4 is 10.6 Å². The maximum Gasteiger partial charge on any atom is 0.240 e. The van der Waals surface area contributed by atoms with Crippen LogP contribution in [0.4, 0.5) is 0 Å². The fourth-order valence-corrected chi connectivity index (χ4v) is 1.35. The highest BCUT2D eigenvalue weighted by atomic mass is 16.2. The first kappa shape index (κ1) is 12.7. The molecule has 0 aliphatic heterocycles. The maximum absolute atomic E-state index is 11.6. The summed E-state index contributed by atoms with van der Waals surface area (Å²) >= 11 is 0. The van der Waals surface area contributed by atoms with Gasteiger partial charge in [-0.15, -0.1) is 0 Å². The molecule has 1 atom stereocenters. The summed E-state index contributed by atoms with van der Waals surface area (Å²) in [4.78, 5) is 15.8. The van der Waals surface area contributed by atoms with E-state index in [1.165, 1.54) is 0 Å². The second kappa shape index (κ2) is 6.27. The van der Waals surface area contributed by atoms with Crippen LogP contribution in [0.25, 0.3) is 0 Å². The molecule has 0 saturated carbocycles. The second-order valence-corrected chi connectivity index (χ2v) is 3.94. The highest BCUT2D eigenvalue weighted by molar-refractivity contribution is 5.75. The van der Waals surface area contributed by atoms with Gasteiger partial charge < -0.3 is 15.2 Å². The number of nitrogens with one attached hydrogen (secondary N) is 2. The number of carbonyl (C=O) groups is 1. The Bertz CT molecular complexity index is 334. The molecule has 0 radical (unpaired) electrons. The van der Waals surface area contributed by atoms with Crippen molar-refractivity contribution >= 4 is 5.91 Å². The van der Waals surface area contributed by atoms with E-state index in [2.05, 4.69) is 15.6 Å². The van der Waals surface area contributed by atoms with Gasteiger partial charge in [0.25, 0.3) is 0 Å². The quantitative estimate of drug-likeness (QED) is 0.740. The van der Waals surface area contributed by atoms with Crippen LogP contribution >= 0.6 is 0 Å². The normalized spacial score (nSPS) is 12.4. The minimum atomic E-state index is 0.0303. The van der Waals surface area contributed by atoms with E-state index < -0.39 is 0 Å². The van der Waals surface area contributed by atoms with Crippen molar-refractivity contribution in [2.24, 2.45) is 0 Å². The molecule has 5 heteroatoms. The summed E-state index contributed by atoms with van der Waals surface area (Å²) in [5.74, 6) is 0.0303. The van der Waals surface area contributed by atoms with E-state index in [0.717, 1.165) is 18.7 Å². The van der Waals surface area contributed by atoms with Gasteiger partial charge in [-0.1, -0.05) is 6.92 Å². The second-order valence-electron chi connectivity index (χ2n) is 3.94. The van der Waals surface area contributed by atoms with Gasteiger partial charge in [0.05, 0.1) is 12.0 Å². The predicted octanol–water partition coefficient (Wildman–Crippen LogP) is 0.517. The van der Waals surface area contributed by atoms with Crippen molar-refractivity contribution in [3.8, 4) is 0 Å². The first-order chi connectivity index (χ1) is 7.65. The van der Waals surface area contributed by atoms with Crippen LogP contribution in [-0.2, 0) is 17.9 Å². The molecule has 16 heavy (non-hydrogen) atoms. The van der Waals surface area contributed by atoms with Gasteiger partial charge in [-0.25, -0.2) is 4.98 Å². The van der Waals surface area contributed by atoms with Gasteiger partial charge in [0.15, 0.2) is 0 Å². The van der Waals surface area contributed by atoms with E-state index in [-0.39, 0.29) is 11.9 Å². The van der Waals surface area contributed by atoms with E-state index in [1.54, 1.807) is 10.9 Å². The Labute approximate surface area is 96.3 Å². The summed E-state index contributed by atoms with van der Waals surface area (Å²) in [7, 11) is 1.87. The largest absolute Gasteiger partial charge is 0.352 e. The van der Waals surface area contributed by atoms with Crippen molar-refractivity contribution in [1.82, 2.24) is 20.2 Å². The van der Waals surface area contributed by atoms with Crippen LogP contribution in [0.2, 0.25) is 0 Å². The zero-order chi connectivity index (χ0) is 12.0. The minimum absolute atomic E-state index is 0.0303. The highest BCUT2D eigenvalue weighted by Crippen LogP contribution is 1.96. The van der Waals surface area contributed by atoms with Crippen LogP contribution in [-0.4, -0.2) is 28.5 Å². The van der Waals surface area contributed by atoms with Crippen molar-refractivity contribution in [2.75, 3.05) is 7.05 Å². The van der Waals surface area contributed by atoms with Gasteiger partial charge in [-0.2, -0.15) is 0 Å². The van der Waals surface area contributed by atoms with Crippen LogP contribution in [0.15, 0.2) is 12.5 Å². The molecule has 0 fully saturated rings. The molecule has 1 heterocycles. The zero-order valence-electron chi connectivity index (χ0n) is 10.2. The minimum Gasteiger partial charge on any atom is -0.352 e. The average Bonchev–Trinajstić information content (AvgIpc) is 2.65. The summed E-state index contributed by atoms with van der Waals surface area (Å²) in [6.07, 6.45) is 4.51. The molecule has 0 spiro atoms. The third-order valence-corrected chi connectivity index (χ3v) is 2.39. The number of amides is 1. The predicted molar refractivity (Wildman–Crippen MR) is 62.9 cm³/mol. The summed E-state index contributed by atoms with van der Waals surface area (Å²) in [5, 5.41) is 5.93. The Balaban J connectivity index is 2.43. The van der Waals surface area contributed by atoms with Crippen molar-refractivity contribution in [1.29, 1.82) is 0 Å². The Morgan fingerprint density at radius 2 is 2.38 bits per heavy atom. The average molecular weight is 224 g/mol. The molecule has 0 aliphatic carbocycles. The van der Waals surface area contributed by atoms with Gasteiger partial charge in [0.1, 0.15) is 6.54 Å². The van der Waals surface area contributed by atoms with Gasteiger partial charge in [-0.3, -0.25) is 4.79 Å². The van der Waals surface area contributed by atoms with E-state index in [9.17, 15) is 4.79 Å². The van der Waals surface area contributed by atoms with E-state index in [1.807, 2.05) is 27.1 Å². The molecular weight excluding hydrogens is 204 g/mol. The van der Waals surface area contributed by atoms with Crippen molar-refractivity contribution in [2.45, 2.75) is 39.4 Å². The summed E-state index contributed by atoms with van der Waals surface area (Å²) in [5.41, 5.74) is 0.943. The molecule has 0 bridgehead atoms. The fourth-order valence-electron chi connectivity index (χ4n) is 1.35. The van der Waals surface area contributed by atoms with E-state index >= 15 is 0 Å². The van der Waals surface area contributed by atoms with Gasteiger partial charge in [0, 0.05) is 18.8 Å². The number of aromatic nitrogens is 2. The van der Waals surface area contributed by atoms with Gasteiger partial charge >= 0.3 is 0 Å². The molecule has 1 amide bonds. The molecule has 0 aliphatic rings. The lowest BCUT2D eigenvalue weighted by molar-refractivity contribution is -0.122. The van der Waals surface area contributed by atoms with Crippen molar-refractivity contribution in [3.63, 3.8) is 0 Å². The Morgan fingerprint density at radius 3 is 3.00 bits per heavy atom. The lowest BCUT2D eigenvalue weighted by atomic mass is 10.2. The van der Waals surface area contributed by atoms with Gasteiger partial charge in [-0.05, 0) is 20.4 Å². The summed E-state index contributed by atoms with van der Waals surface area (Å²) in [6, 6.07) is 0.229. The molecular formula is C11H20N4O. The molecule has 5 nitrogen and oxygen atoms in total. The SMILES string of the molecule is CCC(C)NC(=O)Cn1cnc(CNC)c1. The monoisotopic (exact) mass is 224 g/mol. The molecule has 90 valence electrons. The molecule has 1 unspecified atom stereocenters. The number of nitrogens with zero attached hydrogens (tertiary/aromatic N) is 2. The summed E-state index contributed by atoms with van der Waals surface area (Å²) in [6.45, 7) is 5.10. The molecule has 0 aromatic carbocycles. The first-order valence-corrected chi connectivity index (χ1v) is 5.60. The van der Waals surface area contributed by atoms with Crippen molar-refractivity contribution < 1.29 is 4.79 Å². The third kappa shape index (κ3) is 4.02. The first-order valence-electron chi connectivity index (χ1n) is 5.60. The third-order valence-electron chi connectivity index (χ3n) is 2.39. The molecule has 1 aromatic rings. The lowest BCUT2D eigenvalue weighted by Crippen LogP contribution is -2.34. The molecule has 2 N–H and O–H groups in total. The maximum atomic E-state index is 11.6. The Morgan fingerprint density at radius 1 is 1.62 bits per heavy atom. The topological polar surface area (TPSA) is 59.0 Å². The van der Waals surface area contributed by atoms with Crippen LogP contribution in [0.3, 0.4) is 0 Å². The van der Waals surface area contributed by atoms with E-state index in [0.29, 0.717) is 6.54 Å². The smallest absolute Gasteiger partial charge is 0.240 e. The molecule has 0 saturated heterocycles. The van der Waals surface area contributed by atoms with E-state index in [4.69, 9.17) is 0 Å². The Hall–Kier alpha value is -1.36. The molecule has 1 aromatic heterocycles. The zero-order valence-corrected chi connectivity index (χ0v) is 10.2. The van der Waals surface area contributed by atoms with Crippen LogP contribution in [0.5, 0.6) is 0 Å². The van der Waals surface area contributed by atoms with Crippen molar-refractivity contribution in [3.05, 3.63) is 18.2 Å².